The fraction of sp³-hybridized carbons (Fsp3) is 0.263. The Balaban J connectivity index is 1.88. The zero-order valence-corrected chi connectivity index (χ0v) is 14.4. The molecule has 6 nitrogen and oxygen atoms in total. The summed E-state index contributed by atoms with van der Waals surface area (Å²) in [6.45, 7) is 4.11. The lowest BCUT2D eigenvalue weighted by molar-refractivity contribution is -0.428. The van der Waals surface area contributed by atoms with Gasteiger partial charge in [0, 0.05) is 44.6 Å². The second-order valence-electron chi connectivity index (χ2n) is 6.32. The first kappa shape index (κ1) is 15.5. The summed E-state index contributed by atoms with van der Waals surface area (Å²) in [6, 6.07) is 9.65. The number of benzene rings is 2. The molecule has 0 aromatic heterocycles. The summed E-state index contributed by atoms with van der Waals surface area (Å²) in [4.78, 5) is 11.6. The minimum absolute atomic E-state index is 0.238. The highest BCUT2D eigenvalue weighted by molar-refractivity contribution is 6.15. The highest BCUT2D eigenvalue weighted by Crippen LogP contribution is 2.37. The molecule has 4 rings (SSSR count). The molecule has 2 aliphatic heterocycles. The molecule has 2 heterocycles. The lowest BCUT2D eigenvalue weighted by Crippen LogP contribution is -2.07. The summed E-state index contributed by atoms with van der Waals surface area (Å²) in [5.74, 6) is 1.48. The summed E-state index contributed by atoms with van der Waals surface area (Å²) >= 11 is 0. The third-order valence-corrected chi connectivity index (χ3v) is 4.43. The van der Waals surface area contributed by atoms with Crippen molar-refractivity contribution in [1.82, 2.24) is 0 Å². The van der Waals surface area contributed by atoms with Crippen molar-refractivity contribution >= 4 is 17.1 Å². The van der Waals surface area contributed by atoms with Crippen LogP contribution in [0.2, 0.25) is 0 Å². The monoisotopic (exact) mass is 336 g/mol. The van der Waals surface area contributed by atoms with Crippen LogP contribution in [0.4, 0.5) is 5.69 Å². The van der Waals surface area contributed by atoms with E-state index < -0.39 is 0 Å². The van der Waals surface area contributed by atoms with E-state index in [1.54, 1.807) is 0 Å². The molecule has 0 bridgehead atoms. The van der Waals surface area contributed by atoms with Gasteiger partial charge in [-0.1, -0.05) is 0 Å². The molecule has 0 aliphatic carbocycles. The van der Waals surface area contributed by atoms with Crippen LogP contribution in [0.25, 0.3) is 0 Å². The first-order valence-electron chi connectivity index (χ1n) is 8.09. The second-order valence-corrected chi connectivity index (χ2v) is 6.32. The maximum Gasteiger partial charge on any atom is 0.258 e. The average molecular weight is 336 g/mol. The quantitative estimate of drug-likeness (QED) is 0.788. The van der Waals surface area contributed by atoms with Crippen molar-refractivity contribution in [3.63, 3.8) is 0 Å². The predicted octanol–water partition coefficient (Wildman–Crippen LogP) is 3.53. The van der Waals surface area contributed by atoms with E-state index >= 15 is 0 Å². The third kappa shape index (κ3) is 2.69. The summed E-state index contributed by atoms with van der Waals surface area (Å²) in [6.07, 6.45) is 0.708. The molecule has 0 fully saturated rings. The fourth-order valence-electron chi connectivity index (χ4n) is 3.22. The van der Waals surface area contributed by atoms with Gasteiger partial charge in [-0.25, -0.2) is 0 Å². The number of fused-ring (bicyclic) bond motifs is 2. The number of rotatable bonds is 2. The van der Waals surface area contributed by atoms with Gasteiger partial charge in [0.1, 0.15) is 5.71 Å². The summed E-state index contributed by atoms with van der Waals surface area (Å²) in [7, 11) is 1.49. The van der Waals surface area contributed by atoms with Gasteiger partial charge in [-0.3, -0.25) is 0 Å². The summed E-state index contributed by atoms with van der Waals surface area (Å²) in [5, 5.41) is 8.81. The van der Waals surface area contributed by atoms with Crippen molar-refractivity contribution in [3.05, 3.63) is 57.5 Å². The van der Waals surface area contributed by atoms with E-state index in [0.717, 1.165) is 49.9 Å². The maximum atomic E-state index is 11.6. The Morgan fingerprint density at radius 3 is 2.52 bits per heavy atom. The van der Waals surface area contributed by atoms with Crippen LogP contribution in [0.15, 0.2) is 40.5 Å². The number of hydrogen-bond donors (Lipinski definition) is 0. The molecule has 0 spiro atoms. The minimum atomic E-state index is 0.238. The van der Waals surface area contributed by atoms with E-state index in [0.29, 0.717) is 12.1 Å². The molecule has 0 atom stereocenters. The number of hydrogen-bond acceptors (Lipinski definition) is 5. The van der Waals surface area contributed by atoms with E-state index in [-0.39, 0.29) is 6.79 Å². The molecule has 126 valence electrons. The second kappa shape index (κ2) is 5.81. The van der Waals surface area contributed by atoms with Crippen molar-refractivity contribution in [2.45, 2.75) is 20.3 Å². The third-order valence-electron chi connectivity index (χ3n) is 4.43. The Kier molecular flexibility index (Phi) is 3.60. The van der Waals surface area contributed by atoms with Gasteiger partial charge >= 0.3 is 0 Å². The van der Waals surface area contributed by atoms with Crippen LogP contribution in [0, 0.1) is 11.8 Å². The molecule has 2 aromatic rings. The lowest BCUT2D eigenvalue weighted by atomic mass is 9.93. The van der Waals surface area contributed by atoms with Gasteiger partial charge in [0.05, 0.1) is 0 Å². The van der Waals surface area contributed by atoms with Gasteiger partial charge in [-0.2, -0.15) is 5.10 Å². The minimum Gasteiger partial charge on any atom is -0.454 e. The molecule has 2 aromatic carbocycles. The lowest BCUT2D eigenvalue weighted by Gasteiger charge is -2.11. The smallest absolute Gasteiger partial charge is 0.258 e. The van der Waals surface area contributed by atoms with Crippen LogP contribution in [-0.4, -0.2) is 30.0 Å². The molecule has 0 saturated heterocycles. The highest BCUT2D eigenvalue weighted by atomic mass is 16.7. The Morgan fingerprint density at radius 1 is 1.04 bits per heavy atom. The number of aryl methyl sites for hydroxylation is 1. The van der Waals surface area contributed by atoms with E-state index in [1.165, 1.54) is 7.05 Å². The van der Waals surface area contributed by atoms with Crippen LogP contribution in [0.3, 0.4) is 0 Å². The first-order chi connectivity index (χ1) is 12.0. The molecule has 0 radical (unpaired) electrons. The molecule has 25 heavy (non-hydrogen) atoms. The normalized spacial score (nSPS) is 15.2. The Bertz CT molecular complexity index is 961. The molecule has 0 amide bonds. The number of nitroso groups, excluding NO2 is 1. The van der Waals surface area contributed by atoms with Crippen LogP contribution in [0.1, 0.15) is 29.2 Å². The first-order valence-corrected chi connectivity index (χ1v) is 8.09. The van der Waals surface area contributed by atoms with Gasteiger partial charge in [-0.05, 0) is 43.7 Å². The van der Waals surface area contributed by atoms with Crippen molar-refractivity contribution in [1.29, 1.82) is 0 Å². The van der Waals surface area contributed by atoms with Gasteiger partial charge in [-0.15, -0.1) is 5.10 Å². The van der Waals surface area contributed by atoms with Crippen LogP contribution < -0.4 is 9.47 Å². The topological polar surface area (TPSA) is 63.3 Å². The SMILES string of the molecule is CC1=NN=C(c2ccc([N+](C)=O)c(C)c2)c2cc3c(cc2C1)OCO3. The standard InChI is InChI=1S/C19H18N3O3/c1-11-6-13(4-5-16(11)22(3)23)19-15-9-18-17(24-10-25-18)8-14(15)7-12(2)20-21-19/h4-6,8-9H,7,10H2,1-3H3/q+1. The molecular formula is C19H18N3O3+. The number of nitrogens with zero attached hydrogens (tertiary/aromatic N) is 3. The van der Waals surface area contributed by atoms with Crippen molar-refractivity contribution in [2.75, 3.05) is 13.8 Å². The summed E-state index contributed by atoms with van der Waals surface area (Å²) in [5.41, 5.74) is 6.24. The highest BCUT2D eigenvalue weighted by Gasteiger charge is 2.23. The molecule has 2 aliphatic rings. The van der Waals surface area contributed by atoms with E-state index in [2.05, 4.69) is 10.2 Å². The largest absolute Gasteiger partial charge is 0.454 e. The molecular weight excluding hydrogens is 318 g/mol. The molecule has 0 saturated carbocycles. The van der Waals surface area contributed by atoms with Gasteiger partial charge in [0.2, 0.25) is 6.79 Å². The molecule has 0 N–H and O–H groups in total. The zero-order chi connectivity index (χ0) is 17.6. The van der Waals surface area contributed by atoms with Crippen molar-refractivity contribution in [3.8, 4) is 11.5 Å². The predicted molar refractivity (Wildman–Crippen MR) is 95.4 cm³/mol. The molecule has 6 heteroatoms. The van der Waals surface area contributed by atoms with Crippen LogP contribution in [0.5, 0.6) is 11.5 Å². The zero-order valence-electron chi connectivity index (χ0n) is 14.4. The average Bonchev–Trinajstić information content (AvgIpc) is 2.95. The Hall–Kier alpha value is -3.02. The molecule has 0 unspecified atom stereocenters. The summed E-state index contributed by atoms with van der Waals surface area (Å²) < 4.78 is 11.9. The van der Waals surface area contributed by atoms with Gasteiger partial charge in [0.15, 0.2) is 18.5 Å². The Morgan fingerprint density at radius 2 is 1.80 bits per heavy atom. The van der Waals surface area contributed by atoms with E-state index in [9.17, 15) is 4.91 Å². The van der Waals surface area contributed by atoms with Crippen LogP contribution in [-0.2, 0) is 6.42 Å². The maximum absolute atomic E-state index is 11.6. The fourth-order valence-corrected chi connectivity index (χ4v) is 3.22. The van der Waals surface area contributed by atoms with E-state index in [4.69, 9.17) is 9.47 Å². The van der Waals surface area contributed by atoms with E-state index in [1.807, 2.05) is 44.2 Å². The van der Waals surface area contributed by atoms with Crippen molar-refractivity contribution < 1.29 is 14.2 Å². The van der Waals surface area contributed by atoms with Crippen LogP contribution >= 0.6 is 0 Å². The number of ether oxygens (including phenoxy) is 2. The van der Waals surface area contributed by atoms with Gasteiger partial charge < -0.3 is 9.47 Å². The van der Waals surface area contributed by atoms with Gasteiger partial charge in [0.25, 0.3) is 5.69 Å². The Labute approximate surface area is 145 Å². The van der Waals surface area contributed by atoms with Crippen molar-refractivity contribution in [2.24, 2.45) is 10.2 Å².